The van der Waals surface area contributed by atoms with Crippen molar-refractivity contribution in [3.05, 3.63) is 41.7 Å². The van der Waals surface area contributed by atoms with E-state index in [4.69, 9.17) is 0 Å². The van der Waals surface area contributed by atoms with Crippen molar-refractivity contribution in [1.82, 2.24) is 0 Å². The van der Waals surface area contributed by atoms with E-state index in [2.05, 4.69) is 4.74 Å². The van der Waals surface area contributed by atoms with E-state index < -0.39 is 79.0 Å². The molecule has 0 saturated heterocycles. The number of ether oxygens (including phenoxy) is 1. The van der Waals surface area contributed by atoms with Gasteiger partial charge in [0.15, 0.2) is 0 Å². The third kappa shape index (κ3) is 5.46. The summed E-state index contributed by atoms with van der Waals surface area (Å²) >= 11 is 0. The predicted octanol–water partition coefficient (Wildman–Crippen LogP) is 4.89. The SMILES string of the molecule is [O-][P+]([O-])([O-])Cc1ccc(OC(F)(F)C(F)(F)C(F)(F)C(F)(F)C(F)(F)C(F)(F)C(F)(F)C(F)=C(F)F)cc1. The summed E-state index contributed by atoms with van der Waals surface area (Å²) in [6.45, 7) is 0. The van der Waals surface area contributed by atoms with Gasteiger partial charge >= 0.3 is 47.7 Å². The van der Waals surface area contributed by atoms with E-state index in [0.29, 0.717) is 12.1 Å². The second-order valence-corrected chi connectivity index (χ2v) is 8.59. The maximum absolute atomic E-state index is 13.8. The highest BCUT2D eigenvalue weighted by molar-refractivity contribution is 7.53. The van der Waals surface area contributed by atoms with E-state index in [1.165, 1.54) is 0 Å². The van der Waals surface area contributed by atoms with E-state index in [0.717, 1.165) is 0 Å². The maximum atomic E-state index is 13.8. The van der Waals surface area contributed by atoms with Crippen molar-refractivity contribution in [2.75, 3.05) is 0 Å². The highest BCUT2D eigenvalue weighted by Crippen LogP contribution is 2.63. The fourth-order valence-corrected chi connectivity index (χ4v) is 2.98. The zero-order valence-electron chi connectivity index (χ0n) is 17.0. The minimum absolute atomic E-state index is 0.0369. The van der Waals surface area contributed by atoms with E-state index in [1.807, 2.05) is 0 Å². The Hall–Kier alpha value is -2.12. The lowest BCUT2D eigenvalue weighted by atomic mass is 9.90. The average molecular weight is 616 g/mol. The van der Waals surface area contributed by atoms with Crippen LogP contribution >= 0.6 is 7.94 Å². The highest BCUT2D eigenvalue weighted by atomic mass is 31.2. The molecular weight excluding hydrogens is 610 g/mol. The van der Waals surface area contributed by atoms with Crippen molar-refractivity contribution in [3.63, 3.8) is 0 Å². The van der Waals surface area contributed by atoms with Crippen molar-refractivity contribution in [3.8, 4) is 5.75 Å². The van der Waals surface area contributed by atoms with Gasteiger partial charge in [-0.3, -0.25) is 0 Å². The first-order valence-electron chi connectivity index (χ1n) is 8.66. The number of hydrogen-bond acceptors (Lipinski definition) is 4. The number of allylic oxidation sites excluding steroid dienone is 1. The molecule has 0 fully saturated rings. The summed E-state index contributed by atoms with van der Waals surface area (Å²) in [5, 5.41) is 0. The molecule has 0 bridgehead atoms. The van der Waals surface area contributed by atoms with Crippen molar-refractivity contribution in [2.45, 2.75) is 47.8 Å². The van der Waals surface area contributed by atoms with Crippen molar-refractivity contribution in [2.24, 2.45) is 0 Å². The number of halogens is 17. The quantitative estimate of drug-likeness (QED) is 0.262. The fourth-order valence-electron chi connectivity index (χ4n) is 2.33. The van der Waals surface area contributed by atoms with Gasteiger partial charge in [0.05, 0.1) is 6.16 Å². The van der Waals surface area contributed by atoms with Gasteiger partial charge in [-0.05, 0) is 17.7 Å². The molecule has 1 rings (SSSR count). The number of hydrogen-bond donors (Lipinski definition) is 0. The number of benzene rings is 1. The van der Waals surface area contributed by atoms with Crippen LogP contribution in [0.2, 0.25) is 0 Å². The van der Waals surface area contributed by atoms with Gasteiger partial charge in [0, 0.05) is 0 Å². The Kier molecular flexibility index (Phi) is 8.75. The topological polar surface area (TPSA) is 78.4 Å². The fraction of sp³-hybridized carbons (Fsp3) is 0.500. The van der Waals surface area contributed by atoms with E-state index in [-0.39, 0.29) is 12.1 Å². The van der Waals surface area contributed by atoms with Gasteiger partial charge in [0.1, 0.15) is 5.75 Å². The van der Waals surface area contributed by atoms with Gasteiger partial charge in [0.25, 0.3) is 0 Å². The van der Waals surface area contributed by atoms with Crippen molar-refractivity contribution in [1.29, 1.82) is 0 Å². The van der Waals surface area contributed by atoms with Crippen molar-refractivity contribution >= 4 is 7.94 Å². The molecular formula is C16H6F17O4P-2. The number of rotatable bonds is 11. The summed E-state index contributed by atoms with van der Waals surface area (Å²) in [5.74, 6) is -56.5. The van der Waals surface area contributed by atoms with Gasteiger partial charge in [-0.25, -0.2) is 0 Å². The van der Waals surface area contributed by atoms with Crippen LogP contribution in [-0.2, 0) is 6.16 Å². The summed E-state index contributed by atoms with van der Waals surface area (Å²) in [5.41, 5.74) is -0.563. The third-order valence-electron chi connectivity index (χ3n) is 4.32. The Bertz CT molecular complexity index is 1030. The Morgan fingerprint density at radius 2 is 0.974 bits per heavy atom. The van der Waals surface area contributed by atoms with Gasteiger partial charge in [-0.15, -0.1) is 0 Å². The zero-order valence-corrected chi connectivity index (χ0v) is 17.9. The first-order chi connectivity index (χ1) is 16.5. The molecule has 22 heteroatoms. The van der Waals surface area contributed by atoms with Crippen LogP contribution in [0, 0.1) is 0 Å². The molecule has 0 spiro atoms. The van der Waals surface area contributed by atoms with Crippen LogP contribution in [0.4, 0.5) is 74.6 Å². The highest BCUT2D eigenvalue weighted by Gasteiger charge is 2.94. The van der Waals surface area contributed by atoms with Crippen LogP contribution in [0.15, 0.2) is 36.2 Å². The van der Waals surface area contributed by atoms with Crippen LogP contribution in [0.25, 0.3) is 0 Å². The minimum Gasteiger partial charge on any atom is -0.687 e. The molecule has 1 aromatic rings. The molecule has 0 amide bonds. The Labute approximate surface area is 198 Å². The van der Waals surface area contributed by atoms with E-state index in [9.17, 15) is 89.3 Å². The largest absolute Gasteiger partial charge is 0.687 e. The normalized spacial score (nSPS) is 14.9. The van der Waals surface area contributed by atoms with Crippen LogP contribution in [0.5, 0.6) is 5.75 Å². The number of alkyl halides is 14. The summed E-state index contributed by atoms with van der Waals surface area (Å²) in [4.78, 5) is 31.7. The van der Waals surface area contributed by atoms with Gasteiger partial charge < -0.3 is 19.4 Å². The van der Waals surface area contributed by atoms with Gasteiger partial charge in [0.2, 0.25) is 5.83 Å². The summed E-state index contributed by atoms with van der Waals surface area (Å²) in [7, 11) is -5.31. The Balaban J connectivity index is 3.51. The predicted molar refractivity (Wildman–Crippen MR) is 82.7 cm³/mol. The second-order valence-electron chi connectivity index (χ2n) is 7.05. The molecule has 38 heavy (non-hydrogen) atoms. The maximum Gasteiger partial charge on any atom is 0.471 e. The monoisotopic (exact) mass is 616 g/mol. The molecule has 220 valence electrons. The molecule has 0 N–H and O–H groups in total. The van der Waals surface area contributed by atoms with Crippen LogP contribution in [0.3, 0.4) is 0 Å². The van der Waals surface area contributed by atoms with Crippen LogP contribution in [-0.4, -0.2) is 41.6 Å². The van der Waals surface area contributed by atoms with Crippen LogP contribution in [0.1, 0.15) is 5.56 Å². The Morgan fingerprint density at radius 1 is 0.605 bits per heavy atom. The molecule has 0 atom stereocenters. The molecule has 0 radical (unpaired) electrons. The Morgan fingerprint density at radius 3 is 1.34 bits per heavy atom. The molecule has 0 aliphatic rings. The zero-order chi connectivity index (χ0) is 30.6. The standard InChI is InChI=1S/C16H8F17O4P/c17-8(9(18)19)10(20,21)11(22,23)12(24,25)13(26,27)14(28,29)15(30,31)16(32,33)37-7-3-1-6(2-4-7)5-38(34,35)36/h1-4H,5H2,(H2,34,35,36)/p-2. The molecule has 1 aromatic carbocycles. The van der Waals surface area contributed by atoms with Gasteiger partial charge in [-0.2, -0.15) is 82.6 Å². The van der Waals surface area contributed by atoms with Crippen LogP contribution < -0.4 is 19.4 Å². The second kappa shape index (κ2) is 9.81. The smallest absolute Gasteiger partial charge is 0.471 e. The van der Waals surface area contributed by atoms with Gasteiger partial charge in [-0.1, -0.05) is 12.1 Å². The summed E-state index contributed by atoms with van der Waals surface area (Å²) < 4.78 is 229. The lowest BCUT2D eigenvalue weighted by Gasteiger charge is -2.42. The molecule has 0 heterocycles. The molecule has 0 aromatic heterocycles. The first-order valence-corrected chi connectivity index (χ1v) is 10.4. The molecule has 4 nitrogen and oxygen atoms in total. The molecule has 0 saturated carbocycles. The average Bonchev–Trinajstić information content (AvgIpc) is 2.72. The minimum atomic E-state index is -8.66. The summed E-state index contributed by atoms with van der Waals surface area (Å²) in [6.07, 6.45) is -13.0. The molecule has 0 aliphatic carbocycles. The molecule has 0 aliphatic heterocycles. The lowest BCUT2D eigenvalue weighted by molar-refractivity contribution is -0.456. The molecule has 0 unspecified atom stereocenters. The third-order valence-corrected chi connectivity index (χ3v) is 5.08. The first kappa shape index (κ1) is 33.9. The van der Waals surface area contributed by atoms with Crippen molar-refractivity contribution < 1.29 is 94.1 Å². The van der Waals surface area contributed by atoms with E-state index >= 15 is 0 Å². The lowest BCUT2D eigenvalue weighted by Crippen LogP contribution is -2.73. The summed E-state index contributed by atoms with van der Waals surface area (Å²) in [6, 6.07) is 0.771. The van der Waals surface area contributed by atoms with E-state index in [1.54, 1.807) is 0 Å².